The van der Waals surface area contributed by atoms with Crippen molar-refractivity contribution in [2.45, 2.75) is 26.1 Å². The van der Waals surface area contributed by atoms with E-state index in [2.05, 4.69) is 10.3 Å². The summed E-state index contributed by atoms with van der Waals surface area (Å²) < 4.78 is 37.2. The lowest BCUT2D eigenvalue weighted by Gasteiger charge is -2.19. The Hall–Kier alpha value is -1.79. The fourth-order valence-electron chi connectivity index (χ4n) is 1.35. The monoisotopic (exact) mass is 262 g/mol. The van der Waals surface area contributed by atoms with E-state index in [1.807, 2.05) is 0 Å². The summed E-state index contributed by atoms with van der Waals surface area (Å²) >= 11 is 0. The number of aliphatic carboxylic acids is 1. The van der Waals surface area contributed by atoms with Crippen LogP contribution in [0, 0.1) is 5.92 Å². The molecular weight excluding hydrogens is 249 g/mol. The molecular formula is C11H13F3N2O2. The largest absolute Gasteiger partial charge is 0.480 e. The standard InChI is InChI=1S/C11H13F3N2O2/c1-6(2)9(10(17)18)16-8-5-3-4-7(15-8)11(12,13)14/h3-6,9H,1-2H3,(H,15,16)(H,17,18)/t9-/m1/s1. The van der Waals surface area contributed by atoms with E-state index in [0.29, 0.717) is 0 Å². The van der Waals surface area contributed by atoms with Gasteiger partial charge in [-0.2, -0.15) is 13.2 Å². The van der Waals surface area contributed by atoms with Gasteiger partial charge in [-0.3, -0.25) is 0 Å². The summed E-state index contributed by atoms with van der Waals surface area (Å²) in [6, 6.07) is 2.32. The molecule has 1 rings (SSSR count). The zero-order valence-corrected chi connectivity index (χ0v) is 9.82. The van der Waals surface area contributed by atoms with E-state index in [-0.39, 0.29) is 11.7 Å². The van der Waals surface area contributed by atoms with Crippen molar-refractivity contribution in [3.63, 3.8) is 0 Å². The van der Waals surface area contributed by atoms with Gasteiger partial charge in [0, 0.05) is 0 Å². The molecule has 0 saturated carbocycles. The molecule has 1 aromatic rings. The molecule has 4 nitrogen and oxygen atoms in total. The van der Waals surface area contributed by atoms with Crippen LogP contribution in [0.5, 0.6) is 0 Å². The Labute approximate surface area is 102 Å². The molecule has 1 aromatic heterocycles. The summed E-state index contributed by atoms with van der Waals surface area (Å²) in [6.45, 7) is 3.30. The van der Waals surface area contributed by atoms with Gasteiger partial charge < -0.3 is 10.4 Å². The van der Waals surface area contributed by atoms with Crippen LogP contribution >= 0.6 is 0 Å². The zero-order chi connectivity index (χ0) is 13.9. The molecule has 0 saturated heterocycles. The number of hydrogen-bond acceptors (Lipinski definition) is 3. The maximum atomic E-state index is 12.4. The van der Waals surface area contributed by atoms with Crippen LogP contribution in [0.15, 0.2) is 18.2 Å². The second-order valence-electron chi connectivity index (χ2n) is 4.11. The highest BCUT2D eigenvalue weighted by atomic mass is 19.4. The summed E-state index contributed by atoms with van der Waals surface area (Å²) in [4.78, 5) is 14.3. The Balaban J connectivity index is 2.94. The van der Waals surface area contributed by atoms with Gasteiger partial charge in [0.25, 0.3) is 0 Å². The summed E-state index contributed by atoms with van der Waals surface area (Å²) in [6.07, 6.45) is -4.55. The Morgan fingerprint density at radius 2 is 2.00 bits per heavy atom. The Kier molecular flexibility index (Phi) is 4.15. The van der Waals surface area contributed by atoms with Crippen molar-refractivity contribution in [1.29, 1.82) is 0 Å². The first-order valence-electron chi connectivity index (χ1n) is 5.25. The van der Waals surface area contributed by atoms with Crippen molar-refractivity contribution in [2.75, 3.05) is 5.32 Å². The molecule has 1 heterocycles. The number of rotatable bonds is 4. The lowest BCUT2D eigenvalue weighted by atomic mass is 10.1. The molecule has 7 heteroatoms. The van der Waals surface area contributed by atoms with Crippen molar-refractivity contribution >= 4 is 11.8 Å². The number of aromatic nitrogens is 1. The molecule has 100 valence electrons. The van der Waals surface area contributed by atoms with Gasteiger partial charge in [-0.25, -0.2) is 9.78 Å². The van der Waals surface area contributed by atoms with Crippen molar-refractivity contribution in [2.24, 2.45) is 5.92 Å². The van der Waals surface area contributed by atoms with Gasteiger partial charge in [0.15, 0.2) is 0 Å². The van der Waals surface area contributed by atoms with Gasteiger partial charge in [-0.05, 0) is 18.1 Å². The normalized spacial score (nSPS) is 13.4. The molecule has 0 unspecified atom stereocenters. The molecule has 0 radical (unpaired) electrons. The Morgan fingerprint density at radius 1 is 1.39 bits per heavy atom. The fourth-order valence-corrected chi connectivity index (χ4v) is 1.35. The number of nitrogens with zero attached hydrogens (tertiary/aromatic N) is 1. The molecule has 0 aliphatic carbocycles. The van der Waals surface area contributed by atoms with Crippen molar-refractivity contribution in [1.82, 2.24) is 4.98 Å². The van der Waals surface area contributed by atoms with E-state index in [0.717, 1.165) is 6.07 Å². The molecule has 0 bridgehead atoms. The van der Waals surface area contributed by atoms with Gasteiger partial charge >= 0.3 is 12.1 Å². The van der Waals surface area contributed by atoms with E-state index < -0.39 is 23.9 Å². The quantitative estimate of drug-likeness (QED) is 0.875. The molecule has 2 N–H and O–H groups in total. The van der Waals surface area contributed by atoms with Crippen LogP contribution in [0.2, 0.25) is 0 Å². The second-order valence-corrected chi connectivity index (χ2v) is 4.11. The first-order chi connectivity index (χ1) is 8.21. The predicted molar refractivity (Wildman–Crippen MR) is 59.1 cm³/mol. The minimum Gasteiger partial charge on any atom is -0.480 e. The van der Waals surface area contributed by atoms with Gasteiger partial charge in [0.1, 0.15) is 17.6 Å². The summed E-state index contributed by atoms with van der Waals surface area (Å²) in [5, 5.41) is 11.4. The van der Waals surface area contributed by atoms with Crippen molar-refractivity contribution in [3.8, 4) is 0 Å². The number of carbonyl (C=O) groups is 1. The van der Waals surface area contributed by atoms with Gasteiger partial charge in [-0.15, -0.1) is 0 Å². The summed E-state index contributed by atoms with van der Waals surface area (Å²) in [5.41, 5.74) is -1.06. The maximum absolute atomic E-state index is 12.4. The molecule has 18 heavy (non-hydrogen) atoms. The van der Waals surface area contributed by atoms with Crippen LogP contribution in [-0.4, -0.2) is 22.1 Å². The average molecular weight is 262 g/mol. The number of alkyl halides is 3. The highest BCUT2D eigenvalue weighted by Gasteiger charge is 2.32. The molecule has 0 aliphatic heterocycles. The molecule has 0 amide bonds. The first-order valence-corrected chi connectivity index (χ1v) is 5.25. The number of halogens is 3. The van der Waals surface area contributed by atoms with Crippen LogP contribution in [0.25, 0.3) is 0 Å². The Bertz CT molecular complexity index is 433. The van der Waals surface area contributed by atoms with Crippen LogP contribution in [0.3, 0.4) is 0 Å². The lowest BCUT2D eigenvalue weighted by Crippen LogP contribution is -2.34. The van der Waals surface area contributed by atoms with E-state index >= 15 is 0 Å². The van der Waals surface area contributed by atoms with E-state index in [9.17, 15) is 18.0 Å². The third-order valence-electron chi connectivity index (χ3n) is 2.28. The van der Waals surface area contributed by atoms with Crippen LogP contribution in [-0.2, 0) is 11.0 Å². The first kappa shape index (κ1) is 14.3. The van der Waals surface area contributed by atoms with Crippen molar-refractivity contribution < 1.29 is 23.1 Å². The summed E-state index contributed by atoms with van der Waals surface area (Å²) in [7, 11) is 0. The number of nitrogens with one attached hydrogen (secondary N) is 1. The van der Waals surface area contributed by atoms with Crippen LogP contribution in [0.4, 0.5) is 19.0 Å². The average Bonchev–Trinajstić information content (AvgIpc) is 2.24. The number of carboxylic acids is 1. The molecule has 1 atom stereocenters. The minimum absolute atomic E-state index is 0.106. The zero-order valence-electron chi connectivity index (χ0n) is 9.82. The topological polar surface area (TPSA) is 62.2 Å². The summed E-state index contributed by atoms with van der Waals surface area (Å²) in [5.74, 6) is -1.52. The number of carboxylic acid groups (broad SMARTS) is 1. The number of anilines is 1. The SMILES string of the molecule is CC(C)[C@@H](Nc1cccc(C(F)(F)F)n1)C(=O)O. The van der Waals surface area contributed by atoms with E-state index in [1.165, 1.54) is 12.1 Å². The smallest absolute Gasteiger partial charge is 0.433 e. The van der Waals surface area contributed by atoms with Gasteiger partial charge in [-0.1, -0.05) is 19.9 Å². The third kappa shape index (κ3) is 3.61. The molecule has 0 aliphatic rings. The number of pyridine rings is 1. The van der Waals surface area contributed by atoms with E-state index in [1.54, 1.807) is 13.8 Å². The second kappa shape index (κ2) is 5.24. The highest BCUT2D eigenvalue weighted by molar-refractivity contribution is 5.77. The predicted octanol–water partition coefficient (Wildman–Crippen LogP) is 2.62. The molecule has 0 spiro atoms. The van der Waals surface area contributed by atoms with Gasteiger partial charge in [0.05, 0.1) is 0 Å². The van der Waals surface area contributed by atoms with E-state index in [4.69, 9.17) is 5.11 Å². The van der Waals surface area contributed by atoms with Crippen molar-refractivity contribution in [3.05, 3.63) is 23.9 Å². The minimum atomic E-state index is -4.55. The van der Waals surface area contributed by atoms with Crippen LogP contribution in [0.1, 0.15) is 19.5 Å². The Morgan fingerprint density at radius 3 is 2.44 bits per heavy atom. The third-order valence-corrected chi connectivity index (χ3v) is 2.28. The molecule has 0 fully saturated rings. The molecule has 0 aromatic carbocycles. The van der Waals surface area contributed by atoms with Crippen LogP contribution < -0.4 is 5.32 Å². The van der Waals surface area contributed by atoms with Gasteiger partial charge in [0.2, 0.25) is 0 Å². The number of hydrogen-bond donors (Lipinski definition) is 2. The highest BCUT2D eigenvalue weighted by Crippen LogP contribution is 2.28. The maximum Gasteiger partial charge on any atom is 0.433 e. The fraction of sp³-hybridized carbons (Fsp3) is 0.455. The lowest BCUT2D eigenvalue weighted by molar-refractivity contribution is -0.141.